The molecule has 0 saturated carbocycles. The van der Waals surface area contributed by atoms with Crippen molar-refractivity contribution in [3.05, 3.63) is 60.2 Å². The van der Waals surface area contributed by atoms with E-state index in [4.69, 9.17) is 10.5 Å². The van der Waals surface area contributed by atoms with Crippen molar-refractivity contribution in [1.82, 2.24) is 4.90 Å². The van der Waals surface area contributed by atoms with Gasteiger partial charge in [0.2, 0.25) is 11.8 Å². The lowest BCUT2D eigenvalue weighted by Gasteiger charge is -2.31. The summed E-state index contributed by atoms with van der Waals surface area (Å²) in [5, 5.41) is -0.121. The molecule has 0 radical (unpaired) electrons. The first-order valence-corrected chi connectivity index (χ1v) is 8.98. The molecule has 2 aromatic carbocycles. The van der Waals surface area contributed by atoms with Crippen LogP contribution >= 0.6 is 11.8 Å². The van der Waals surface area contributed by atoms with E-state index in [0.29, 0.717) is 17.4 Å². The van der Waals surface area contributed by atoms with E-state index < -0.39 is 11.2 Å². The second-order valence-electron chi connectivity index (χ2n) is 5.77. The molecule has 2 N–H and O–H groups in total. The van der Waals surface area contributed by atoms with Crippen LogP contribution in [0.1, 0.15) is 12.0 Å². The molecule has 2 aromatic rings. The highest BCUT2D eigenvalue weighted by Crippen LogP contribution is 2.30. The smallest absolute Gasteiger partial charge is 0.231 e. The zero-order valence-corrected chi connectivity index (χ0v) is 15.1. The van der Waals surface area contributed by atoms with Crippen LogP contribution in [0.25, 0.3) is 0 Å². The number of hydrogen-bond donors (Lipinski definition) is 1. The summed E-state index contributed by atoms with van der Waals surface area (Å²) in [6.07, 6.45) is 0.0734. The van der Waals surface area contributed by atoms with Gasteiger partial charge in [0.05, 0.1) is 24.6 Å². The Bertz CT molecular complexity index is 822. The van der Waals surface area contributed by atoms with Crippen LogP contribution in [0, 0.1) is 0 Å². The summed E-state index contributed by atoms with van der Waals surface area (Å²) < 4.78 is 5.16. The number of nitrogens with zero attached hydrogens (tertiary/aromatic N) is 2. The van der Waals surface area contributed by atoms with Gasteiger partial charge in [0.25, 0.3) is 0 Å². The fourth-order valence-electron chi connectivity index (χ4n) is 2.54. The Labute approximate surface area is 156 Å². The Balaban J connectivity index is 1.89. The molecule has 0 spiro atoms. The SMILES string of the molecule is COc1ccc(CN2C(=O)C[C@@H](C(N)=O)SC2=Nc2ccccc2)cc1. The van der Waals surface area contributed by atoms with E-state index in [2.05, 4.69) is 4.99 Å². The monoisotopic (exact) mass is 369 g/mol. The summed E-state index contributed by atoms with van der Waals surface area (Å²) in [6, 6.07) is 16.8. The number of aliphatic imine (C=N–C) groups is 1. The number of para-hydroxylation sites is 1. The van der Waals surface area contributed by atoms with Gasteiger partial charge in [-0.15, -0.1) is 0 Å². The third-order valence-electron chi connectivity index (χ3n) is 3.94. The Kier molecular flexibility index (Phi) is 5.58. The van der Waals surface area contributed by atoms with Crippen molar-refractivity contribution in [2.24, 2.45) is 10.7 Å². The average Bonchev–Trinajstić information content (AvgIpc) is 2.65. The number of carbonyl (C=O) groups excluding carboxylic acids is 2. The molecule has 1 aliphatic heterocycles. The second-order valence-corrected chi connectivity index (χ2v) is 6.94. The van der Waals surface area contributed by atoms with Crippen LogP contribution in [0.2, 0.25) is 0 Å². The molecule has 1 fully saturated rings. The molecule has 3 rings (SSSR count). The average molecular weight is 369 g/mol. The number of rotatable bonds is 5. The van der Waals surface area contributed by atoms with E-state index in [1.807, 2.05) is 54.6 Å². The van der Waals surface area contributed by atoms with Crippen LogP contribution < -0.4 is 10.5 Å². The van der Waals surface area contributed by atoms with Crippen molar-refractivity contribution in [2.45, 2.75) is 18.2 Å². The molecule has 26 heavy (non-hydrogen) atoms. The van der Waals surface area contributed by atoms with Gasteiger partial charge >= 0.3 is 0 Å². The van der Waals surface area contributed by atoms with Crippen molar-refractivity contribution < 1.29 is 14.3 Å². The summed E-state index contributed by atoms with van der Waals surface area (Å²) in [5.74, 6) is 0.0753. The number of benzene rings is 2. The molecule has 2 amide bonds. The van der Waals surface area contributed by atoms with E-state index in [0.717, 1.165) is 11.3 Å². The molecule has 0 aliphatic carbocycles. The minimum atomic E-state index is -0.600. The van der Waals surface area contributed by atoms with Crippen molar-refractivity contribution in [3.63, 3.8) is 0 Å². The van der Waals surface area contributed by atoms with E-state index in [9.17, 15) is 9.59 Å². The van der Waals surface area contributed by atoms with Crippen molar-refractivity contribution >= 4 is 34.4 Å². The van der Waals surface area contributed by atoms with Crippen LogP contribution in [0.15, 0.2) is 59.6 Å². The molecule has 1 heterocycles. The van der Waals surface area contributed by atoms with E-state index >= 15 is 0 Å². The third-order valence-corrected chi connectivity index (χ3v) is 5.14. The van der Waals surface area contributed by atoms with Gasteiger partial charge in [0.1, 0.15) is 5.75 Å². The van der Waals surface area contributed by atoms with Gasteiger partial charge < -0.3 is 10.5 Å². The maximum absolute atomic E-state index is 12.6. The van der Waals surface area contributed by atoms with Gasteiger partial charge in [-0.05, 0) is 29.8 Å². The molecular weight excluding hydrogens is 350 g/mol. The van der Waals surface area contributed by atoms with E-state index in [1.54, 1.807) is 12.0 Å². The molecule has 6 nitrogen and oxygen atoms in total. The molecule has 0 bridgehead atoms. The minimum Gasteiger partial charge on any atom is -0.497 e. The highest BCUT2D eigenvalue weighted by molar-refractivity contribution is 8.15. The lowest BCUT2D eigenvalue weighted by atomic mass is 10.2. The molecular formula is C19H19N3O3S. The highest BCUT2D eigenvalue weighted by Gasteiger charge is 2.34. The van der Waals surface area contributed by atoms with E-state index in [1.165, 1.54) is 11.8 Å². The Morgan fingerprint density at radius 3 is 2.54 bits per heavy atom. The van der Waals surface area contributed by atoms with Gasteiger partial charge in [-0.3, -0.25) is 14.5 Å². The van der Waals surface area contributed by atoms with E-state index in [-0.39, 0.29) is 12.3 Å². The van der Waals surface area contributed by atoms with Gasteiger partial charge in [0, 0.05) is 6.42 Å². The molecule has 0 aromatic heterocycles. The molecule has 1 atom stereocenters. The number of primary amides is 1. The number of hydrogen-bond acceptors (Lipinski definition) is 5. The normalized spacial score (nSPS) is 18.8. The molecule has 1 aliphatic rings. The first-order valence-electron chi connectivity index (χ1n) is 8.10. The number of amides is 2. The van der Waals surface area contributed by atoms with Crippen molar-refractivity contribution in [1.29, 1.82) is 0 Å². The number of methoxy groups -OCH3 is 1. The largest absolute Gasteiger partial charge is 0.497 e. The second kappa shape index (κ2) is 8.05. The molecule has 1 saturated heterocycles. The fraction of sp³-hybridized carbons (Fsp3) is 0.211. The minimum absolute atomic E-state index is 0.0734. The quantitative estimate of drug-likeness (QED) is 0.878. The lowest BCUT2D eigenvalue weighted by molar-refractivity contribution is -0.130. The Morgan fingerprint density at radius 1 is 1.23 bits per heavy atom. The van der Waals surface area contributed by atoms with Crippen LogP contribution in [-0.2, 0) is 16.1 Å². The highest BCUT2D eigenvalue weighted by atomic mass is 32.2. The molecule has 0 unspecified atom stereocenters. The first-order chi connectivity index (χ1) is 12.6. The zero-order valence-electron chi connectivity index (χ0n) is 14.3. The van der Waals surface area contributed by atoms with Gasteiger partial charge in [-0.1, -0.05) is 42.1 Å². The third kappa shape index (κ3) is 4.23. The number of carbonyl (C=O) groups is 2. The summed E-state index contributed by atoms with van der Waals surface area (Å²) in [7, 11) is 1.61. The predicted molar refractivity (Wildman–Crippen MR) is 102 cm³/mol. The first kappa shape index (κ1) is 18.0. The topological polar surface area (TPSA) is 85.0 Å². The Morgan fingerprint density at radius 2 is 1.92 bits per heavy atom. The van der Waals surface area contributed by atoms with Gasteiger partial charge in [-0.25, -0.2) is 4.99 Å². The van der Waals surface area contributed by atoms with Crippen LogP contribution in [0.5, 0.6) is 5.75 Å². The number of thioether (sulfide) groups is 1. The lowest BCUT2D eigenvalue weighted by Crippen LogP contribution is -2.45. The van der Waals surface area contributed by atoms with Crippen molar-refractivity contribution in [3.8, 4) is 5.75 Å². The maximum Gasteiger partial charge on any atom is 0.231 e. The standard InChI is InChI=1S/C19H19N3O3S/c1-25-15-9-7-13(8-10-15)12-22-17(23)11-16(18(20)24)26-19(22)21-14-5-3-2-4-6-14/h2-10,16H,11-12H2,1H3,(H2,20,24)/t16-/m0/s1. The summed E-state index contributed by atoms with van der Waals surface area (Å²) in [6.45, 7) is 0.368. The number of nitrogens with two attached hydrogens (primary N) is 1. The summed E-state index contributed by atoms with van der Waals surface area (Å²) in [5.41, 5.74) is 7.07. The Hall–Kier alpha value is -2.80. The summed E-state index contributed by atoms with van der Waals surface area (Å²) >= 11 is 1.23. The molecule has 134 valence electrons. The summed E-state index contributed by atoms with van der Waals surface area (Å²) in [4.78, 5) is 30.4. The van der Waals surface area contributed by atoms with Gasteiger partial charge in [0.15, 0.2) is 5.17 Å². The van der Waals surface area contributed by atoms with Crippen molar-refractivity contribution in [2.75, 3.05) is 7.11 Å². The fourth-order valence-corrected chi connectivity index (χ4v) is 3.58. The van der Waals surface area contributed by atoms with Crippen LogP contribution in [-0.4, -0.2) is 34.2 Å². The zero-order chi connectivity index (χ0) is 18.5. The van der Waals surface area contributed by atoms with Crippen LogP contribution in [0.4, 0.5) is 5.69 Å². The maximum atomic E-state index is 12.6. The predicted octanol–water partition coefficient (Wildman–Crippen LogP) is 2.70. The molecule has 7 heteroatoms. The van der Waals surface area contributed by atoms with Gasteiger partial charge in [-0.2, -0.15) is 0 Å². The number of ether oxygens (including phenoxy) is 1. The van der Waals surface area contributed by atoms with Crippen LogP contribution in [0.3, 0.4) is 0 Å². The number of amidine groups is 1.